The van der Waals surface area contributed by atoms with Crippen LogP contribution in [0.2, 0.25) is 10.0 Å². The molecule has 0 bridgehead atoms. The topological polar surface area (TPSA) is 27.6 Å². The molecule has 0 aliphatic carbocycles. The van der Waals surface area contributed by atoms with Crippen LogP contribution in [-0.4, -0.2) is 31.5 Å². The van der Waals surface area contributed by atoms with E-state index >= 15 is 0 Å². The number of halogens is 2. The van der Waals surface area contributed by atoms with E-state index in [1.54, 1.807) is 7.05 Å². The molecule has 0 spiro atoms. The molecule has 0 saturated heterocycles. The predicted molar refractivity (Wildman–Crippen MR) is 75.0 cm³/mol. The molecule has 1 aromatic carbocycles. The Labute approximate surface area is 112 Å². The van der Waals surface area contributed by atoms with Crippen LogP contribution in [0.25, 0.3) is 0 Å². The molecule has 0 aliphatic heterocycles. The van der Waals surface area contributed by atoms with Crippen molar-refractivity contribution in [1.29, 1.82) is 0 Å². The molecule has 5 heteroatoms. The van der Waals surface area contributed by atoms with Crippen LogP contribution in [-0.2, 0) is 6.54 Å². The van der Waals surface area contributed by atoms with E-state index < -0.39 is 0 Å². The molecule has 1 aromatic rings. The van der Waals surface area contributed by atoms with Gasteiger partial charge in [0.2, 0.25) is 0 Å². The summed E-state index contributed by atoms with van der Waals surface area (Å²) in [5, 5.41) is 4.35. The number of nitrogens with zero attached hydrogens (tertiary/aromatic N) is 2. The summed E-state index contributed by atoms with van der Waals surface area (Å²) in [6.45, 7) is 3.62. The van der Waals surface area contributed by atoms with Crippen LogP contribution >= 0.6 is 23.2 Å². The summed E-state index contributed by atoms with van der Waals surface area (Å²) >= 11 is 11.9. The lowest BCUT2D eigenvalue weighted by Gasteiger charge is -2.21. The van der Waals surface area contributed by atoms with Crippen molar-refractivity contribution in [3.05, 3.63) is 33.8 Å². The van der Waals surface area contributed by atoms with Gasteiger partial charge in [-0.15, -0.1) is 0 Å². The summed E-state index contributed by atoms with van der Waals surface area (Å²) in [5.41, 5.74) is 1.10. The molecule has 0 atom stereocenters. The van der Waals surface area contributed by atoms with Crippen molar-refractivity contribution in [3.8, 4) is 0 Å². The van der Waals surface area contributed by atoms with Gasteiger partial charge in [0.25, 0.3) is 0 Å². The van der Waals surface area contributed by atoms with E-state index in [9.17, 15) is 0 Å². The van der Waals surface area contributed by atoms with Gasteiger partial charge >= 0.3 is 0 Å². The quantitative estimate of drug-likeness (QED) is 0.677. The largest absolute Gasteiger partial charge is 0.357 e. The third-order valence-electron chi connectivity index (χ3n) is 2.31. The van der Waals surface area contributed by atoms with Crippen molar-refractivity contribution in [2.75, 3.05) is 20.6 Å². The number of guanidine groups is 1. The Kier molecular flexibility index (Phi) is 5.59. The highest BCUT2D eigenvalue weighted by Gasteiger charge is 2.06. The zero-order valence-electron chi connectivity index (χ0n) is 10.3. The number of hydrogen-bond donors (Lipinski definition) is 1. The molecule has 0 aliphatic rings. The Morgan fingerprint density at radius 3 is 2.59 bits per heavy atom. The number of rotatable bonds is 3. The van der Waals surface area contributed by atoms with Crippen LogP contribution in [0.5, 0.6) is 0 Å². The second kappa shape index (κ2) is 6.72. The van der Waals surface area contributed by atoms with Gasteiger partial charge in [-0.1, -0.05) is 29.3 Å². The molecular formula is C12H17Cl2N3. The summed E-state index contributed by atoms with van der Waals surface area (Å²) in [6, 6.07) is 5.65. The SMILES string of the molecule is CCNC(=NC)N(C)Cc1ccc(Cl)c(Cl)c1. The molecule has 0 amide bonds. The minimum atomic E-state index is 0.578. The summed E-state index contributed by atoms with van der Waals surface area (Å²) in [5.74, 6) is 0.860. The molecule has 3 nitrogen and oxygen atoms in total. The van der Waals surface area contributed by atoms with E-state index in [-0.39, 0.29) is 0 Å². The highest BCUT2D eigenvalue weighted by Crippen LogP contribution is 2.23. The number of hydrogen-bond acceptors (Lipinski definition) is 1. The van der Waals surface area contributed by atoms with Gasteiger partial charge in [-0.2, -0.15) is 0 Å². The maximum Gasteiger partial charge on any atom is 0.193 e. The monoisotopic (exact) mass is 273 g/mol. The third-order valence-corrected chi connectivity index (χ3v) is 3.05. The Morgan fingerprint density at radius 2 is 2.06 bits per heavy atom. The molecule has 1 N–H and O–H groups in total. The fourth-order valence-electron chi connectivity index (χ4n) is 1.53. The maximum absolute atomic E-state index is 5.98. The Hall–Kier alpha value is -0.930. The third kappa shape index (κ3) is 4.10. The molecule has 0 aromatic heterocycles. The lowest BCUT2D eigenvalue weighted by molar-refractivity contribution is 0.479. The Balaban J connectivity index is 2.73. The molecule has 0 fully saturated rings. The van der Waals surface area contributed by atoms with Gasteiger partial charge in [0.1, 0.15) is 0 Å². The normalized spacial score (nSPS) is 11.5. The van der Waals surface area contributed by atoms with E-state index in [0.717, 1.165) is 24.6 Å². The predicted octanol–water partition coefficient (Wildman–Crippen LogP) is 3.02. The van der Waals surface area contributed by atoms with Crippen LogP contribution in [0.3, 0.4) is 0 Å². The van der Waals surface area contributed by atoms with Crippen LogP contribution < -0.4 is 5.32 Å². The van der Waals surface area contributed by atoms with Gasteiger partial charge in [0, 0.05) is 27.2 Å². The first-order valence-corrected chi connectivity index (χ1v) is 6.19. The highest BCUT2D eigenvalue weighted by molar-refractivity contribution is 6.42. The van der Waals surface area contributed by atoms with Crippen LogP contribution in [0.1, 0.15) is 12.5 Å². The lowest BCUT2D eigenvalue weighted by atomic mass is 10.2. The standard InChI is InChI=1S/C12H17Cl2N3/c1-4-16-12(15-2)17(3)8-9-5-6-10(13)11(14)7-9/h5-7H,4,8H2,1-3H3,(H,15,16). The first-order valence-electron chi connectivity index (χ1n) is 5.44. The molecule has 0 saturated carbocycles. The molecule has 0 heterocycles. The fourth-order valence-corrected chi connectivity index (χ4v) is 1.85. The van der Waals surface area contributed by atoms with E-state index in [1.807, 2.05) is 37.1 Å². The van der Waals surface area contributed by atoms with Crippen LogP contribution in [0.15, 0.2) is 23.2 Å². The highest BCUT2D eigenvalue weighted by atomic mass is 35.5. The van der Waals surface area contributed by atoms with Crippen molar-refractivity contribution < 1.29 is 0 Å². The van der Waals surface area contributed by atoms with E-state index in [4.69, 9.17) is 23.2 Å². The first kappa shape index (κ1) is 14.1. The van der Waals surface area contributed by atoms with Crippen LogP contribution in [0, 0.1) is 0 Å². The summed E-state index contributed by atoms with van der Waals surface area (Å²) < 4.78 is 0. The minimum Gasteiger partial charge on any atom is -0.357 e. The van der Waals surface area contributed by atoms with Crippen molar-refractivity contribution >= 4 is 29.2 Å². The molecule has 94 valence electrons. The van der Waals surface area contributed by atoms with E-state index in [0.29, 0.717) is 10.0 Å². The smallest absolute Gasteiger partial charge is 0.193 e. The summed E-state index contributed by atoms with van der Waals surface area (Å²) in [7, 11) is 3.75. The average molecular weight is 274 g/mol. The van der Waals surface area contributed by atoms with Gasteiger partial charge in [0.05, 0.1) is 10.0 Å². The van der Waals surface area contributed by atoms with Crippen molar-refractivity contribution in [2.24, 2.45) is 4.99 Å². The van der Waals surface area contributed by atoms with Gasteiger partial charge in [-0.25, -0.2) is 0 Å². The van der Waals surface area contributed by atoms with E-state index in [2.05, 4.69) is 10.3 Å². The van der Waals surface area contributed by atoms with Crippen molar-refractivity contribution in [3.63, 3.8) is 0 Å². The van der Waals surface area contributed by atoms with Gasteiger partial charge < -0.3 is 10.2 Å². The maximum atomic E-state index is 5.98. The molecule has 17 heavy (non-hydrogen) atoms. The molecule has 0 unspecified atom stereocenters. The zero-order valence-corrected chi connectivity index (χ0v) is 11.8. The zero-order chi connectivity index (χ0) is 12.8. The second-order valence-electron chi connectivity index (χ2n) is 3.68. The summed E-state index contributed by atoms with van der Waals surface area (Å²) in [6.07, 6.45) is 0. The first-order chi connectivity index (χ1) is 8.08. The van der Waals surface area contributed by atoms with Gasteiger partial charge in [0.15, 0.2) is 5.96 Å². The van der Waals surface area contributed by atoms with Crippen LogP contribution in [0.4, 0.5) is 0 Å². The fraction of sp³-hybridized carbons (Fsp3) is 0.417. The number of nitrogens with one attached hydrogen (secondary N) is 1. The second-order valence-corrected chi connectivity index (χ2v) is 4.50. The Bertz CT molecular complexity index is 405. The lowest BCUT2D eigenvalue weighted by Crippen LogP contribution is -2.38. The van der Waals surface area contributed by atoms with Gasteiger partial charge in [-0.05, 0) is 24.6 Å². The molecule has 1 rings (SSSR count). The minimum absolute atomic E-state index is 0.578. The summed E-state index contributed by atoms with van der Waals surface area (Å²) in [4.78, 5) is 6.22. The average Bonchev–Trinajstić information content (AvgIpc) is 2.30. The van der Waals surface area contributed by atoms with Crippen molar-refractivity contribution in [2.45, 2.75) is 13.5 Å². The molecule has 0 radical (unpaired) electrons. The van der Waals surface area contributed by atoms with E-state index in [1.165, 1.54) is 0 Å². The van der Waals surface area contributed by atoms with Crippen molar-refractivity contribution in [1.82, 2.24) is 10.2 Å². The van der Waals surface area contributed by atoms with Gasteiger partial charge in [-0.3, -0.25) is 4.99 Å². The molecular weight excluding hydrogens is 257 g/mol. The number of benzene rings is 1. The number of aliphatic imine (C=N–C) groups is 1. The Morgan fingerprint density at radius 1 is 1.35 bits per heavy atom.